The van der Waals surface area contributed by atoms with E-state index in [9.17, 15) is 12.9 Å². The first-order valence-electron chi connectivity index (χ1n) is 6.41. The molecule has 18 heavy (non-hydrogen) atoms. The Hall–Kier alpha value is -1.13. The van der Waals surface area contributed by atoms with Crippen molar-refractivity contribution in [3.63, 3.8) is 0 Å². The van der Waals surface area contributed by atoms with Crippen LogP contribution in [0.1, 0.15) is 32.6 Å². The number of hydrogen-bond donors (Lipinski definition) is 0. The summed E-state index contributed by atoms with van der Waals surface area (Å²) in [6, 6.07) is 5.21. The maximum Gasteiger partial charge on any atom is 0.509 e. The highest BCUT2D eigenvalue weighted by atomic mass is 19.4. The van der Waals surface area contributed by atoms with E-state index in [1.165, 1.54) is 12.5 Å². The molecule has 1 aromatic rings. The van der Waals surface area contributed by atoms with Crippen molar-refractivity contribution in [2.24, 2.45) is 5.92 Å². The van der Waals surface area contributed by atoms with Crippen molar-refractivity contribution in [3.05, 3.63) is 24.3 Å². The van der Waals surface area contributed by atoms with E-state index >= 15 is 0 Å². The Bertz CT molecular complexity index is 405. The summed E-state index contributed by atoms with van der Waals surface area (Å²) in [7, 11) is 0. The molecule has 1 saturated carbocycles. The van der Waals surface area contributed by atoms with E-state index in [0.717, 1.165) is 31.4 Å². The number of halogens is 3. The van der Waals surface area contributed by atoms with Gasteiger partial charge in [-0.05, 0) is 37.3 Å². The van der Waals surface area contributed by atoms with Crippen LogP contribution < -0.4 is 10.2 Å². The normalized spacial score (nSPS) is 24.9. The maximum atomic E-state index is 12.6. The Morgan fingerprint density at radius 2 is 2.00 bits per heavy atom. The second kappa shape index (κ2) is 5.25. The van der Waals surface area contributed by atoms with E-state index in [4.69, 9.17) is 4.74 Å². The molecule has 0 radical (unpaired) electrons. The first-order valence-corrected chi connectivity index (χ1v) is 6.41. The summed E-state index contributed by atoms with van der Waals surface area (Å²) in [6.07, 6.45) is 4.21. The van der Waals surface area contributed by atoms with E-state index in [1.54, 1.807) is 6.07 Å². The minimum Gasteiger partial charge on any atom is -0.491 e. The second-order valence-corrected chi connectivity index (χ2v) is 5.16. The van der Waals surface area contributed by atoms with Crippen molar-refractivity contribution >= 4 is 12.4 Å². The molecule has 0 heterocycles. The molecule has 1 fully saturated rings. The molecular formula is C13H17BF3O-. The van der Waals surface area contributed by atoms with Crippen LogP contribution in [0.5, 0.6) is 5.75 Å². The third-order valence-corrected chi connectivity index (χ3v) is 3.43. The SMILES string of the molecule is CC1CCCC(Oc2cccc([B-](F)(F)F)c2)C1. The van der Waals surface area contributed by atoms with Gasteiger partial charge < -0.3 is 17.7 Å². The van der Waals surface area contributed by atoms with Crippen LogP contribution in [0.25, 0.3) is 0 Å². The van der Waals surface area contributed by atoms with Gasteiger partial charge >= 0.3 is 6.98 Å². The summed E-state index contributed by atoms with van der Waals surface area (Å²) < 4.78 is 43.5. The van der Waals surface area contributed by atoms with E-state index in [2.05, 4.69) is 6.92 Å². The van der Waals surface area contributed by atoms with Crippen LogP contribution in [0.4, 0.5) is 12.9 Å². The summed E-state index contributed by atoms with van der Waals surface area (Å²) in [5, 5.41) is 0. The standard InChI is InChI=1S/C13H17BF3O/c1-10-4-2-6-12(8-10)18-13-7-3-5-11(9-13)14(15,16)17/h3,5,7,9-10,12H,2,4,6,8H2,1H3/q-1. The van der Waals surface area contributed by atoms with Gasteiger partial charge in [0.1, 0.15) is 5.75 Å². The number of benzene rings is 1. The molecule has 0 spiro atoms. The van der Waals surface area contributed by atoms with Gasteiger partial charge in [-0.2, -0.15) is 0 Å². The molecule has 2 unspecified atom stereocenters. The smallest absolute Gasteiger partial charge is 0.491 e. The zero-order valence-corrected chi connectivity index (χ0v) is 10.4. The predicted molar refractivity (Wildman–Crippen MR) is 67.2 cm³/mol. The van der Waals surface area contributed by atoms with Crippen LogP contribution in [0, 0.1) is 5.92 Å². The van der Waals surface area contributed by atoms with Crippen LogP contribution in [0.3, 0.4) is 0 Å². The van der Waals surface area contributed by atoms with Crippen molar-refractivity contribution < 1.29 is 17.7 Å². The minimum absolute atomic E-state index is 0.0599. The van der Waals surface area contributed by atoms with Gasteiger partial charge in [-0.1, -0.05) is 25.5 Å². The maximum absolute atomic E-state index is 12.6. The lowest BCUT2D eigenvalue weighted by Crippen LogP contribution is -2.34. The van der Waals surface area contributed by atoms with Gasteiger partial charge in [0.15, 0.2) is 0 Å². The second-order valence-electron chi connectivity index (χ2n) is 5.16. The van der Waals surface area contributed by atoms with Gasteiger partial charge in [0.05, 0.1) is 6.10 Å². The van der Waals surface area contributed by atoms with Crippen LogP contribution in [-0.2, 0) is 0 Å². The summed E-state index contributed by atoms with van der Waals surface area (Å²) >= 11 is 0. The first-order chi connectivity index (χ1) is 8.45. The lowest BCUT2D eigenvalue weighted by Gasteiger charge is -2.28. The molecule has 5 heteroatoms. The number of ether oxygens (including phenoxy) is 1. The molecule has 100 valence electrons. The topological polar surface area (TPSA) is 9.23 Å². The Labute approximate surface area is 105 Å². The molecule has 0 N–H and O–H groups in total. The fourth-order valence-corrected chi connectivity index (χ4v) is 2.47. The van der Waals surface area contributed by atoms with Gasteiger partial charge in [-0.25, -0.2) is 0 Å². The van der Waals surface area contributed by atoms with Gasteiger partial charge in [0.2, 0.25) is 0 Å². The fourth-order valence-electron chi connectivity index (χ4n) is 2.47. The molecular weight excluding hydrogens is 240 g/mol. The zero-order chi connectivity index (χ0) is 13.2. The average Bonchev–Trinajstić information content (AvgIpc) is 2.28. The summed E-state index contributed by atoms with van der Waals surface area (Å²) in [5.74, 6) is 0.935. The van der Waals surface area contributed by atoms with Crippen LogP contribution in [0.2, 0.25) is 0 Å². The number of rotatable bonds is 3. The van der Waals surface area contributed by atoms with Crippen molar-refractivity contribution in [1.82, 2.24) is 0 Å². The third kappa shape index (κ3) is 3.43. The van der Waals surface area contributed by atoms with Crippen LogP contribution in [-0.4, -0.2) is 13.1 Å². The first kappa shape index (κ1) is 13.3. The van der Waals surface area contributed by atoms with Gasteiger partial charge in [-0.3, -0.25) is 0 Å². The molecule has 2 rings (SSSR count). The van der Waals surface area contributed by atoms with E-state index in [1.807, 2.05) is 0 Å². The molecule has 1 aliphatic carbocycles. The van der Waals surface area contributed by atoms with Crippen molar-refractivity contribution in [2.45, 2.75) is 38.7 Å². The van der Waals surface area contributed by atoms with Crippen molar-refractivity contribution in [1.29, 1.82) is 0 Å². The lowest BCUT2D eigenvalue weighted by atomic mass is 9.80. The lowest BCUT2D eigenvalue weighted by molar-refractivity contribution is 0.129. The average molecular weight is 257 g/mol. The summed E-state index contributed by atoms with van der Waals surface area (Å²) in [4.78, 5) is 0. The van der Waals surface area contributed by atoms with Gasteiger partial charge in [0, 0.05) is 0 Å². The molecule has 0 amide bonds. The van der Waals surface area contributed by atoms with Gasteiger partial charge in [0.25, 0.3) is 0 Å². The third-order valence-electron chi connectivity index (χ3n) is 3.43. The molecule has 1 aromatic carbocycles. The minimum atomic E-state index is -4.94. The highest BCUT2D eigenvalue weighted by Gasteiger charge is 2.26. The molecule has 2 atom stereocenters. The Morgan fingerprint density at radius 3 is 2.67 bits per heavy atom. The predicted octanol–water partition coefficient (Wildman–Crippen LogP) is 3.70. The van der Waals surface area contributed by atoms with Crippen LogP contribution >= 0.6 is 0 Å². The molecule has 0 aromatic heterocycles. The monoisotopic (exact) mass is 257 g/mol. The van der Waals surface area contributed by atoms with Crippen molar-refractivity contribution in [2.75, 3.05) is 0 Å². The molecule has 0 aliphatic heterocycles. The van der Waals surface area contributed by atoms with Gasteiger partial charge in [-0.15, -0.1) is 5.46 Å². The molecule has 1 nitrogen and oxygen atoms in total. The highest BCUT2D eigenvalue weighted by molar-refractivity contribution is 6.73. The largest absolute Gasteiger partial charge is 0.509 e. The summed E-state index contributed by atoms with van der Waals surface area (Å²) in [5.41, 5.74) is -0.587. The van der Waals surface area contributed by atoms with E-state index < -0.39 is 12.4 Å². The van der Waals surface area contributed by atoms with Crippen molar-refractivity contribution in [3.8, 4) is 5.75 Å². The zero-order valence-electron chi connectivity index (χ0n) is 10.4. The van der Waals surface area contributed by atoms with E-state index in [0.29, 0.717) is 11.7 Å². The fraction of sp³-hybridized carbons (Fsp3) is 0.538. The summed E-state index contributed by atoms with van der Waals surface area (Å²) in [6.45, 7) is -2.79. The van der Waals surface area contributed by atoms with E-state index in [-0.39, 0.29) is 6.10 Å². The quantitative estimate of drug-likeness (QED) is 0.750. The van der Waals surface area contributed by atoms with Crippen LogP contribution in [0.15, 0.2) is 24.3 Å². The Morgan fingerprint density at radius 1 is 1.22 bits per heavy atom. The number of hydrogen-bond acceptors (Lipinski definition) is 1. The Kier molecular flexibility index (Phi) is 3.88. The Balaban J connectivity index is 2.05. The molecule has 1 aliphatic rings. The molecule has 0 saturated heterocycles. The molecule has 0 bridgehead atoms. The highest BCUT2D eigenvalue weighted by Crippen LogP contribution is 2.27.